The van der Waals surface area contributed by atoms with Gasteiger partial charge in [0.15, 0.2) is 0 Å². The lowest BCUT2D eigenvalue weighted by Gasteiger charge is -2.15. The number of phenols is 1. The SMILES string of the molecule is Cc1c(O)ccc2c(CN[C@H](C)c3cccc(Cl)c3)cc(=O)oc12. The summed E-state index contributed by atoms with van der Waals surface area (Å²) in [6.45, 7) is 4.27. The number of rotatable bonds is 4. The summed E-state index contributed by atoms with van der Waals surface area (Å²) in [6, 6.07) is 12.6. The van der Waals surface area contributed by atoms with Crippen molar-refractivity contribution in [1.29, 1.82) is 0 Å². The van der Waals surface area contributed by atoms with E-state index in [0.717, 1.165) is 16.5 Å². The Balaban J connectivity index is 1.90. The summed E-state index contributed by atoms with van der Waals surface area (Å²) >= 11 is 6.03. The van der Waals surface area contributed by atoms with E-state index < -0.39 is 5.63 Å². The summed E-state index contributed by atoms with van der Waals surface area (Å²) in [7, 11) is 0. The first kappa shape index (κ1) is 16.6. The summed E-state index contributed by atoms with van der Waals surface area (Å²) in [5.41, 5.74) is 2.47. The maximum atomic E-state index is 11.8. The maximum Gasteiger partial charge on any atom is 0.336 e. The molecule has 0 radical (unpaired) electrons. The molecule has 2 aromatic carbocycles. The van der Waals surface area contributed by atoms with E-state index in [1.807, 2.05) is 31.2 Å². The highest BCUT2D eigenvalue weighted by Gasteiger charge is 2.12. The number of fused-ring (bicyclic) bond motifs is 1. The molecule has 5 heteroatoms. The van der Waals surface area contributed by atoms with Gasteiger partial charge in [0.05, 0.1) is 0 Å². The lowest BCUT2D eigenvalue weighted by molar-refractivity contribution is 0.468. The molecule has 1 atom stereocenters. The van der Waals surface area contributed by atoms with E-state index in [0.29, 0.717) is 22.7 Å². The van der Waals surface area contributed by atoms with Crippen LogP contribution in [-0.4, -0.2) is 5.11 Å². The molecule has 0 bridgehead atoms. The van der Waals surface area contributed by atoms with Crippen molar-refractivity contribution >= 4 is 22.6 Å². The fraction of sp³-hybridized carbons (Fsp3) is 0.211. The summed E-state index contributed by atoms with van der Waals surface area (Å²) in [4.78, 5) is 11.8. The van der Waals surface area contributed by atoms with Crippen LogP contribution in [0.1, 0.15) is 29.7 Å². The molecule has 0 spiro atoms. The minimum atomic E-state index is -0.427. The smallest absolute Gasteiger partial charge is 0.336 e. The second kappa shape index (κ2) is 6.67. The van der Waals surface area contributed by atoms with Crippen LogP contribution < -0.4 is 10.9 Å². The van der Waals surface area contributed by atoms with Gasteiger partial charge in [0.2, 0.25) is 0 Å². The zero-order chi connectivity index (χ0) is 17.3. The van der Waals surface area contributed by atoms with E-state index in [1.54, 1.807) is 19.1 Å². The summed E-state index contributed by atoms with van der Waals surface area (Å²) in [5, 5.41) is 14.7. The summed E-state index contributed by atoms with van der Waals surface area (Å²) in [6.07, 6.45) is 0. The van der Waals surface area contributed by atoms with Crippen molar-refractivity contribution in [2.75, 3.05) is 0 Å². The highest BCUT2D eigenvalue weighted by Crippen LogP contribution is 2.27. The number of halogens is 1. The minimum Gasteiger partial charge on any atom is -0.508 e. The van der Waals surface area contributed by atoms with Gasteiger partial charge in [-0.25, -0.2) is 4.79 Å². The van der Waals surface area contributed by atoms with Gasteiger partial charge >= 0.3 is 5.63 Å². The Kier molecular flexibility index (Phi) is 4.60. The lowest BCUT2D eigenvalue weighted by Crippen LogP contribution is -2.19. The van der Waals surface area contributed by atoms with Crippen LogP contribution in [0.5, 0.6) is 5.75 Å². The van der Waals surface area contributed by atoms with Gasteiger partial charge in [-0.3, -0.25) is 0 Å². The Morgan fingerprint density at radius 2 is 2.04 bits per heavy atom. The monoisotopic (exact) mass is 343 g/mol. The zero-order valence-corrected chi connectivity index (χ0v) is 14.2. The van der Waals surface area contributed by atoms with Crippen molar-refractivity contribution < 1.29 is 9.52 Å². The first-order valence-electron chi connectivity index (χ1n) is 7.70. The van der Waals surface area contributed by atoms with E-state index in [9.17, 15) is 9.90 Å². The highest BCUT2D eigenvalue weighted by atomic mass is 35.5. The third-order valence-electron chi connectivity index (χ3n) is 4.17. The fourth-order valence-corrected chi connectivity index (χ4v) is 2.92. The van der Waals surface area contributed by atoms with Crippen molar-refractivity contribution in [3.63, 3.8) is 0 Å². The van der Waals surface area contributed by atoms with Crippen LogP contribution in [0.25, 0.3) is 11.0 Å². The van der Waals surface area contributed by atoms with Crippen LogP contribution in [0.4, 0.5) is 0 Å². The van der Waals surface area contributed by atoms with Gasteiger partial charge in [-0.15, -0.1) is 0 Å². The van der Waals surface area contributed by atoms with Crippen molar-refractivity contribution in [3.8, 4) is 5.75 Å². The number of hydrogen-bond acceptors (Lipinski definition) is 4. The summed E-state index contributed by atoms with van der Waals surface area (Å²) in [5.74, 6) is 0.114. The molecule has 2 N–H and O–H groups in total. The normalized spacial score (nSPS) is 12.5. The number of benzene rings is 2. The van der Waals surface area contributed by atoms with Crippen molar-refractivity contribution in [2.24, 2.45) is 0 Å². The first-order chi connectivity index (χ1) is 11.5. The molecule has 0 saturated carbocycles. The van der Waals surface area contributed by atoms with E-state index in [4.69, 9.17) is 16.0 Å². The molecule has 0 aliphatic heterocycles. The molecule has 0 fully saturated rings. The van der Waals surface area contributed by atoms with Crippen LogP contribution >= 0.6 is 11.6 Å². The predicted molar refractivity (Wildman–Crippen MR) is 95.6 cm³/mol. The Morgan fingerprint density at radius 1 is 1.25 bits per heavy atom. The molecular weight excluding hydrogens is 326 g/mol. The van der Waals surface area contributed by atoms with Gasteiger partial charge < -0.3 is 14.8 Å². The second-order valence-electron chi connectivity index (χ2n) is 5.83. The van der Waals surface area contributed by atoms with Crippen molar-refractivity contribution in [2.45, 2.75) is 26.4 Å². The van der Waals surface area contributed by atoms with Crippen LogP contribution in [-0.2, 0) is 6.54 Å². The van der Waals surface area contributed by atoms with Gasteiger partial charge in [-0.05, 0) is 49.2 Å². The highest BCUT2D eigenvalue weighted by molar-refractivity contribution is 6.30. The van der Waals surface area contributed by atoms with Gasteiger partial charge in [0.25, 0.3) is 0 Å². The number of phenolic OH excluding ortho intramolecular Hbond substituents is 1. The average molecular weight is 344 g/mol. The van der Waals surface area contributed by atoms with E-state index in [2.05, 4.69) is 5.32 Å². The maximum absolute atomic E-state index is 11.8. The number of aryl methyl sites for hydroxylation is 1. The first-order valence-corrected chi connectivity index (χ1v) is 8.07. The number of hydrogen-bond donors (Lipinski definition) is 2. The standard InChI is InChI=1S/C19H18ClNO3/c1-11-17(22)7-6-16-14(9-18(23)24-19(11)16)10-21-12(2)13-4-3-5-15(20)8-13/h3-9,12,21-22H,10H2,1-2H3/t12-/m1/s1. The van der Waals surface area contributed by atoms with E-state index >= 15 is 0 Å². The van der Waals surface area contributed by atoms with Crippen molar-refractivity contribution in [1.82, 2.24) is 5.32 Å². The largest absolute Gasteiger partial charge is 0.508 e. The molecule has 1 heterocycles. The summed E-state index contributed by atoms with van der Waals surface area (Å²) < 4.78 is 5.26. The molecule has 1 aromatic heterocycles. The fourth-order valence-electron chi connectivity index (χ4n) is 2.72. The lowest BCUT2D eigenvalue weighted by atomic mass is 10.0. The molecule has 24 heavy (non-hydrogen) atoms. The Bertz CT molecular complexity index is 949. The van der Waals surface area contributed by atoms with Crippen molar-refractivity contribution in [3.05, 3.63) is 74.6 Å². The van der Waals surface area contributed by atoms with Crippen LogP contribution in [0.2, 0.25) is 5.02 Å². The topological polar surface area (TPSA) is 62.5 Å². The van der Waals surface area contributed by atoms with E-state index in [1.165, 1.54) is 6.07 Å². The third-order valence-corrected chi connectivity index (χ3v) is 4.40. The third kappa shape index (κ3) is 3.30. The average Bonchev–Trinajstić information content (AvgIpc) is 2.56. The molecule has 124 valence electrons. The molecule has 0 unspecified atom stereocenters. The molecule has 3 aromatic rings. The molecule has 0 amide bonds. The molecular formula is C19H18ClNO3. The molecule has 3 rings (SSSR count). The zero-order valence-electron chi connectivity index (χ0n) is 13.5. The Hall–Kier alpha value is -2.30. The minimum absolute atomic E-state index is 0.0733. The van der Waals surface area contributed by atoms with Gasteiger partial charge in [-0.1, -0.05) is 23.7 Å². The molecule has 0 aliphatic carbocycles. The number of aromatic hydroxyl groups is 1. The van der Waals surface area contributed by atoms with Crippen LogP contribution in [0.3, 0.4) is 0 Å². The molecule has 4 nitrogen and oxygen atoms in total. The van der Waals surface area contributed by atoms with Crippen LogP contribution in [0.15, 0.2) is 51.7 Å². The number of nitrogens with one attached hydrogen (secondary N) is 1. The molecule has 0 aliphatic rings. The van der Waals surface area contributed by atoms with Crippen LogP contribution in [0, 0.1) is 6.92 Å². The van der Waals surface area contributed by atoms with Gasteiger partial charge in [0, 0.05) is 34.6 Å². The van der Waals surface area contributed by atoms with Gasteiger partial charge in [0.1, 0.15) is 11.3 Å². The van der Waals surface area contributed by atoms with E-state index in [-0.39, 0.29) is 11.8 Å². The predicted octanol–water partition coefficient (Wildman–Crippen LogP) is 4.31. The molecule has 0 saturated heterocycles. The van der Waals surface area contributed by atoms with Gasteiger partial charge in [-0.2, -0.15) is 0 Å². The second-order valence-corrected chi connectivity index (χ2v) is 6.27. The Labute approximate surface area is 144 Å². The Morgan fingerprint density at radius 3 is 2.79 bits per heavy atom. The quantitative estimate of drug-likeness (QED) is 0.693.